The van der Waals surface area contributed by atoms with Gasteiger partial charge in [0, 0.05) is 26.2 Å². The number of benzene rings is 2. The summed E-state index contributed by atoms with van der Waals surface area (Å²) in [6.45, 7) is 2.89. The first-order chi connectivity index (χ1) is 12.7. The Kier molecular flexibility index (Phi) is 5.48. The predicted octanol–water partition coefficient (Wildman–Crippen LogP) is 2.63. The molecule has 2 aromatic rings. The van der Waals surface area contributed by atoms with E-state index in [1.807, 2.05) is 4.90 Å². The van der Waals surface area contributed by atoms with Gasteiger partial charge in [0.15, 0.2) is 0 Å². The van der Waals surface area contributed by atoms with Crippen LogP contribution in [0.1, 0.15) is 15.9 Å². The van der Waals surface area contributed by atoms with E-state index in [4.69, 9.17) is 10.00 Å². The van der Waals surface area contributed by atoms with E-state index < -0.39 is 0 Å². The number of nitrogens with zero attached hydrogens (tertiary/aromatic N) is 4. The van der Waals surface area contributed by atoms with Crippen molar-refractivity contribution in [2.24, 2.45) is 0 Å². The molecule has 0 spiro atoms. The summed E-state index contributed by atoms with van der Waals surface area (Å²) >= 11 is 0. The van der Waals surface area contributed by atoms with E-state index in [1.165, 1.54) is 0 Å². The SMILES string of the molecule is N#CCN1CCN(C(=O)c2ccccc2Oc2ccccc2C#N)CC1. The highest BCUT2D eigenvalue weighted by Gasteiger charge is 2.24. The first-order valence-corrected chi connectivity index (χ1v) is 8.37. The van der Waals surface area contributed by atoms with Crippen molar-refractivity contribution in [3.05, 3.63) is 59.7 Å². The summed E-state index contributed by atoms with van der Waals surface area (Å²) in [5.74, 6) is 0.750. The number of para-hydroxylation sites is 2. The van der Waals surface area contributed by atoms with Gasteiger partial charge < -0.3 is 9.64 Å². The van der Waals surface area contributed by atoms with E-state index in [-0.39, 0.29) is 5.91 Å². The monoisotopic (exact) mass is 346 g/mol. The minimum absolute atomic E-state index is 0.105. The Hall–Kier alpha value is -3.35. The summed E-state index contributed by atoms with van der Waals surface area (Å²) in [7, 11) is 0. The van der Waals surface area contributed by atoms with E-state index in [2.05, 4.69) is 12.1 Å². The van der Waals surface area contributed by atoms with Crippen LogP contribution in [-0.2, 0) is 0 Å². The molecular weight excluding hydrogens is 328 g/mol. The molecule has 3 rings (SSSR count). The van der Waals surface area contributed by atoms with Gasteiger partial charge in [0.2, 0.25) is 0 Å². The number of piperazine rings is 1. The molecule has 130 valence electrons. The second-order valence-electron chi connectivity index (χ2n) is 5.93. The molecule has 1 fully saturated rings. The maximum absolute atomic E-state index is 12.9. The topological polar surface area (TPSA) is 80.4 Å². The number of carbonyl (C=O) groups is 1. The molecule has 2 aromatic carbocycles. The summed E-state index contributed by atoms with van der Waals surface area (Å²) in [6.07, 6.45) is 0. The number of hydrogen-bond acceptors (Lipinski definition) is 5. The molecule has 1 amide bonds. The van der Waals surface area contributed by atoms with Gasteiger partial charge in [-0.25, -0.2) is 0 Å². The number of ether oxygens (including phenoxy) is 1. The van der Waals surface area contributed by atoms with Gasteiger partial charge in [0.1, 0.15) is 17.6 Å². The van der Waals surface area contributed by atoms with Crippen LogP contribution in [0.3, 0.4) is 0 Å². The molecule has 1 saturated heterocycles. The van der Waals surface area contributed by atoms with Crippen molar-refractivity contribution < 1.29 is 9.53 Å². The Bertz CT molecular complexity index is 874. The highest BCUT2D eigenvalue weighted by Crippen LogP contribution is 2.28. The Morgan fingerprint density at radius 1 is 0.962 bits per heavy atom. The molecule has 1 heterocycles. The standard InChI is InChI=1S/C20H18N4O2/c21-9-10-23-11-13-24(14-12-23)20(25)17-6-2-4-8-19(17)26-18-7-3-1-5-16(18)15-22/h1-8H,10-14H2. The zero-order chi connectivity index (χ0) is 18.4. The van der Waals surface area contributed by atoms with Crippen LogP contribution in [0.5, 0.6) is 11.5 Å². The summed E-state index contributed by atoms with van der Waals surface area (Å²) in [5.41, 5.74) is 0.883. The van der Waals surface area contributed by atoms with Crippen LogP contribution >= 0.6 is 0 Å². The lowest BCUT2D eigenvalue weighted by molar-refractivity contribution is 0.0649. The first-order valence-electron chi connectivity index (χ1n) is 8.37. The molecule has 0 bridgehead atoms. The van der Waals surface area contributed by atoms with Gasteiger partial charge in [0.25, 0.3) is 5.91 Å². The van der Waals surface area contributed by atoms with Crippen LogP contribution < -0.4 is 4.74 Å². The number of rotatable bonds is 4. The van der Waals surface area contributed by atoms with E-state index in [0.717, 1.165) is 0 Å². The maximum Gasteiger partial charge on any atom is 0.257 e. The largest absolute Gasteiger partial charge is 0.455 e. The average Bonchev–Trinajstić information content (AvgIpc) is 2.69. The van der Waals surface area contributed by atoms with Crippen LogP contribution in [0, 0.1) is 22.7 Å². The number of hydrogen-bond donors (Lipinski definition) is 0. The van der Waals surface area contributed by atoms with Gasteiger partial charge in [-0.3, -0.25) is 9.69 Å². The normalized spacial score (nSPS) is 14.3. The third-order valence-corrected chi connectivity index (χ3v) is 4.30. The van der Waals surface area contributed by atoms with E-state index >= 15 is 0 Å². The lowest BCUT2D eigenvalue weighted by atomic mass is 10.1. The highest BCUT2D eigenvalue weighted by molar-refractivity contribution is 5.97. The second kappa shape index (κ2) is 8.15. The Morgan fingerprint density at radius 2 is 1.62 bits per heavy atom. The summed E-state index contributed by atoms with van der Waals surface area (Å²) < 4.78 is 5.88. The quantitative estimate of drug-likeness (QED) is 0.795. The van der Waals surface area contributed by atoms with Gasteiger partial charge in [-0.15, -0.1) is 0 Å². The van der Waals surface area contributed by atoms with Gasteiger partial charge >= 0.3 is 0 Å². The fourth-order valence-electron chi connectivity index (χ4n) is 2.88. The number of amides is 1. The minimum Gasteiger partial charge on any atom is -0.455 e. The molecule has 1 aliphatic rings. The molecule has 6 nitrogen and oxygen atoms in total. The second-order valence-corrected chi connectivity index (χ2v) is 5.93. The molecule has 0 aromatic heterocycles. The zero-order valence-electron chi connectivity index (χ0n) is 14.3. The molecule has 0 N–H and O–H groups in total. The number of carbonyl (C=O) groups excluding carboxylic acids is 1. The van der Waals surface area contributed by atoms with Gasteiger partial charge in [0.05, 0.1) is 23.7 Å². The van der Waals surface area contributed by atoms with Crippen LogP contribution in [0.4, 0.5) is 0 Å². The molecular formula is C20H18N4O2. The molecule has 0 atom stereocenters. The fraction of sp³-hybridized carbons (Fsp3) is 0.250. The average molecular weight is 346 g/mol. The molecule has 0 aliphatic carbocycles. The Labute approximate surface area is 152 Å². The molecule has 0 radical (unpaired) electrons. The first kappa shape index (κ1) is 17.5. The molecule has 0 unspecified atom stereocenters. The van der Waals surface area contributed by atoms with Crippen LogP contribution in [-0.4, -0.2) is 48.4 Å². The minimum atomic E-state index is -0.105. The maximum atomic E-state index is 12.9. The lowest BCUT2D eigenvalue weighted by Crippen LogP contribution is -2.48. The van der Waals surface area contributed by atoms with Crippen molar-refractivity contribution in [3.8, 4) is 23.6 Å². The van der Waals surface area contributed by atoms with Crippen LogP contribution in [0.15, 0.2) is 48.5 Å². The molecule has 1 aliphatic heterocycles. The summed E-state index contributed by atoms with van der Waals surface area (Å²) in [4.78, 5) is 16.7. The predicted molar refractivity (Wildman–Crippen MR) is 95.6 cm³/mol. The van der Waals surface area contributed by atoms with Crippen LogP contribution in [0.2, 0.25) is 0 Å². The third kappa shape index (κ3) is 3.83. The van der Waals surface area contributed by atoms with Gasteiger partial charge in [-0.05, 0) is 24.3 Å². The smallest absolute Gasteiger partial charge is 0.257 e. The van der Waals surface area contributed by atoms with Crippen molar-refractivity contribution in [2.75, 3.05) is 32.7 Å². The number of nitriles is 2. The van der Waals surface area contributed by atoms with Crippen molar-refractivity contribution >= 4 is 5.91 Å². The van der Waals surface area contributed by atoms with Gasteiger partial charge in [-0.2, -0.15) is 10.5 Å². The zero-order valence-corrected chi connectivity index (χ0v) is 14.3. The van der Waals surface area contributed by atoms with Gasteiger partial charge in [-0.1, -0.05) is 24.3 Å². The fourth-order valence-corrected chi connectivity index (χ4v) is 2.88. The van der Waals surface area contributed by atoms with Crippen LogP contribution in [0.25, 0.3) is 0 Å². The third-order valence-electron chi connectivity index (χ3n) is 4.30. The molecule has 6 heteroatoms. The Morgan fingerprint density at radius 3 is 2.31 bits per heavy atom. The van der Waals surface area contributed by atoms with Crippen molar-refractivity contribution in [1.82, 2.24) is 9.80 Å². The van der Waals surface area contributed by atoms with E-state index in [1.54, 1.807) is 53.4 Å². The summed E-state index contributed by atoms with van der Waals surface area (Å²) in [6, 6.07) is 18.2. The van der Waals surface area contributed by atoms with E-state index in [0.29, 0.717) is 55.3 Å². The molecule has 0 saturated carbocycles. The van der Waals surface area contributed by atoms with Crippen molar-refractivity contribution in [2.45, 2.75) is 0 Å². The van der Waals surface area contributed by atoms with Crippen molar-refractivity contribution in [3.63, 3.8) is 0 Å². The highest BCUT2D eigenvalue weighted by atomic mass is 16.5. The molecule has 26 heavy (non-hydrogen) atoms. The van der Waals surface area contributed by atoms with E-state index in [9.17, 15) is 10.1 Å². The summed E-state index contributed by atoms with van der Waals surface area (Å²) in [5, 5.41) is 18.0. The lowest BCUT2D eigenvalue weighted by Gasteiger charge is -2.33. The Balaban J connectivity index is 1.78. The van der Waals surface area contributed by atoms with Crippen molar-refractivity contribution in [1.29, 1.82) is 10.5 Å².